The highest BCUT2D eigenvalue weighted by Crippen LogP contribution is 2.19. The van der Waals surface area contributed by atoms with Crippen LogP contribution in [0.3, 0.4) is 0 Å². The third-order valence-corrected chi connectivity index (χ3v) is 2.79. The molecule has 4 heteroatoms. The summed E-state index contributed by atoms with van der Waals surface area (Å²) >= 11 is 3.45. The van der Waals surface area contributed by atoms with Crippen LogP contribution < -0.4 is 0 Å². The topological polar surface area (TPSA) is 43.1 Å². The van der Waals surface area contributed by atoms with Crippen LogP contribution in [0, 0.1) is 0 Å². The summed E-state index contributed by atoms with van der Waals surface area (Å²) in [4.78, 5) is 10.4. The Morgan fingerprint density at radius 2 is 2.20 bits per heavy atom. The zero-order valence-electron chi connectivity index (χ0n) is 7.81. The number of carbonyl (C=O) groups is 1. The van der Waals surface area contributed by atoms with Gasteiger partial charge in [0, 0.05) is 17.0 Å². The van der Waals surface area contributed by atoms with Crippen LogP contribution >= 0.6 is 15.9 Å². The van der Waals surface area contributed by atoms with Crippen LogP contribution in [-0.4, -0.2) is 11.4 Å². The van der Waals surface area contributed by atoms with Crippen LogP contribution in [-0.2, 0) is 6.42 Å². The highest BCUT2D eigenvalue weighted by Gasteiger charge is 2.06. The number of aromatic nitrogens is 1. The van der Waals surface area contributed by atoms with Crippen molar-refractivity contribution in [2.75, 3.05) is 0 Å². The first-order valence-corrected chi connectivity index (χ1v) is 5.23. The van der Waals surface area contributed by atoms with E-state index in [9.17, 15) is 4.79 Å². The van der Waals surface area contributed by atoms with Crippen LogP contribution in [0.5, 0.6) is 0 Å². The van der Waals surface area contributed by atoms with Gasteiger partial charge in [-0.2, -0.15) is 0 Å². The molecule has 0 atom stereocenters. The summed E-state index contributed by atoms with van der Waals surface area (Å²) in [5.41, 5.74) is 1.43. The highest BCUT2D eigenvalue weighted by molar-refractivity contribution is 9.10. The first-order chi connectivity index (χ1) is 7.29. The van der Waals surface area contributed by atoms with E-state index in [2.05, 4.69) is 21.1 Å². The number of nitrogens with zero attached hydrogens (tertiary/aromatic N) is 1. The molecule has 1 aromatic heterocycles. The maximum atomic E-state index is 10.4. The Morgan fingerprint density at radius 1 is 1.40 bits per heavy atom. The number of carbonyl (C=O) groups excluding carboxylic acids is 1. The molecule has 15 heavy (non-hydrogen) atoms. The van der Waals surface area contributed by atoms with Crippen LogP contribution in [0.25, 0.3) is 0 Å². The lowest BCUT2D eigenvalue weighted by molar-refractivity contribution is 0.111. The van der Waals surface area contributed by atoms with Gasteiger partial charge in [0.15, 0.2) is 6.29 Å². The summed E-state index contributed by atoms with van der Waals surface area (Å²) in [5, 5.41) is 3.60. The molecule has 0 aliphatic carbocycles. The standard InChI is InChI=1S/C11H8BrNO2/c12-11-4-2-1-3-8(11)5-10-6-9(7-14)13-15-10/h1-4,6-7H,5H2. The molecule has 2 aromatic rings. The van der Waals surface area contributed by atoms with Crippen molar-refractivity contribution < 1.29 is 9.32 Å². The van der Waals surface area contributed by atoms with Gasteiger partial charge in [0.1, 0.15) is 11.5 Å². The summed E-state index contributed by atoms with van der Waals surface area (Å²) in [6.45, 7) is 0. The first kappa shape index (κ1) is 10.1. The van der Waals surface area contributed by atoms with E-state index in [0.29, 0.717) is 24.2 Å². The van der Waals surface area contributed by atoms with Gasteiger partial charge in [-0.15, -0.1) is 0 Å². The van der Waals surface area contributed by atoms with Crippen molar-refractivity contribution in [1.29, 1.82) is 0 Å². The lowest BCUT2D eigenvalue weighted by atomic mass is 10.1. The molecule has 1 heterocycles. The average molecular weight is 266 g/mol. The Kier molecular flexibility index (Phi) is 2.97. The molecule has 0 aliphatic rings. The second kappa shape index (κ2) is 4.40. The van der Waals surface area contributed by atoms with Crippen molar-refractivity contribution in [3.63, 3.8) is 0 Å². The molecule has 0 radical (unpaired) electrons. The molecular weight excluding hydrogens is 258 g/mol. The van der Waals surface area contributed by atoms with Crippen LogP contribution in [0.4, 0.5) is 0 Å². The van der Waals surface area contributed by atoms with Gasteiger partial charge in [0.2, 0.25) is 0 Å². The number of aldehydes is 1. The fourth-order valence-corrected chi connectivity index (χ4v) is 1.72. The Balaban J connectivity index is 2.22. The maximum Gasteiger partial charge on any atom is 0.171 e. The third-order valence-electron chi connectivity index (χ3n) is 2.02. The van der Waals surface area contributed by atoms with E-state index in [1.165, 1.54) is 0 Å². The molecule has 0 saturated carbocycles. The van der Waals surface area contributed by atoms with E-state index >= 15 is 0 Å². The van der Waals surface area contributed by atoms with Gasteiger partial charge in [-0.05, 0) is 11.6 Å². The summed E-state index contributed by atoms with van der Waals surface area (Å²) in [6, 6.07) is 9.51. The smallest absolute Gasteiger partial charge is 0.171 e. The predicted molar refractivity (Wildman–Crippen MR) is 58.8 cm³/mol. The minimum Gasteiger partial charge on any atom is -0.360 e. The second-order valence-electron chi connectivity index (χ2n) is 3.10. The van der Waals surface area contributed by atoms with Crippen molar-refractivity contribution in [1.82, 2.24) is 5.16 Å². The van der Waals surface area contributed by atoms with E-state index in [0.717, 1.165) is 10.0 Å². The molecule has 1 aromatic carbocycles. The number of hydrogen-bond acceptors (Lipinski definition) is 3. The number of hydrogen-bond donors (Lipinski definition) is 0. The van der Waals surface area contributed by atoms with Gasteiger partial charge in [-0.3, -0.25) is 4.79 Å². The summed E-state index contributed by atoms with van der Waals surface area (Å²) < 4.78 is 6.03. The van der Waals surface area contributed by atoms with E-state index in [-0.39, 0.29) is 0 Å². The Bertz CT molecular complexity index is 479. The van der Waals surface area contributed by atoms with E-state index < -0.39 is 0 Å². The fourth-order valence-electron chi connectivity index (χ4n) is 1.30. The molecule has 0 unspecified atom stereocenters. The number of benzene rings is 1. The van der Waals surface area contributed by atoms with Crippen molar-refractivity contribution in [3.05, 3.63) is 51.8 Å². The van der Waals surface area contributed by atoms with Gasteiger partial charge in [-0.1, -0.05) is 39.3 Å². The van der Waals surface area contributed by atoms with E-state index in [4.69, 9.17) is 4.52 Å². The summed E-state index contributed by atoms with van der Waals surface area (Å²) in [5.74, 6) is 0.684. The van der Waals surface area contributed by atoms with E-state index in [1.807, 2.05) is 24.3 Å². The third kappa shape index (κ3) is 2.33. The summed E-state index contributed by atoms with van der Waals surface area (Å²) in [6.07, 6.45) is 1.30. The maximum absolute atomic E-state index is 10.4. The molecule has 0 N–H and O–H groups in total. The van der Waals surface area contributed by atoms with Crippen molar-refractivity contribution in [2.45, 2.75) is 6.42 Å². The average Bonchev–Trinajstić information content (AvgIpc) is 2.69. The van der Waals surface area contributed by atoms with Crippen LogP contribution in [0.2, 0.25) is 0 Å². The monoisotopic (exact) mass is 265 g/mol. The molecule has 2 rings (SSSR count). The SMILES string of the molecule is O=Cc1cc(Cc2ccccc2Br)on1. The molecule has 0 aliphatic heterocycles. The van der Waals surface area contributed by atoms with Crippen molar-refractivity contribution >= 4 is 22.2 Å². The minimum atomic E-state index is 0.331. The molecular formula is C11H8BrNO2. The Morgan fingerprint density at radius 3 is 2.87 bits per heavy atom. The van der Waals surface area contributed by atoms with Gasteiger partial charge in [0.25, 0.3) is 0 Å². The lowest BCUT2D eigenvalue weighted by Crippen LogP contribution is -1.86. The number of halogens is 1. The van der Waals surface area contributed by atoms with Crippen LogP contribution in [0.15, 0.2) is 39.3 Å². The largest absolute Gasteiger partial charge is 0.360 e. The quantitative estimate of drug-likeness (QED) is 0.802. The summed E-state index contributed by atoms with van der Waals surface area (Å²) in [7, 11) is 0. The van der Waals surface area contributed by atoms with Crippen molar-refractivity contribution in [3.8, 4) is 0 Å². The Labute approximate surface area is 95.2 Å². The highest BCUT2D eigenvalue weighted by atomic mass is 79.9. The molecule has 0 saturated heterocycles. The fraction of sp³-hybridized carbons (Fsp3) is 0.0909. The zero-order valence-corrected chi connectivity index (χ0v) is 9.40. The molecule has 0 amide bonds. The van der Waals surface area contributed by atoms with Crippen molar-refractivity contribution in [2.24, 2.45) is 0 Å². The van der Waals surface area contributed by atoms with E-state index in [1.54, 1.807) is 6.07 Å². The van der Waals surface area contributed by atoms with Gasteiger partial charge in [0.05, 0.1) is 0 Å². The predicted octanol–water partition coefficient (Wildman–Crippen LogP) is 2.84. The molecule has 76 valence electrons. The minimum absolute atomic E-state index is 0.331. The van der Waals surface area contributed by atoms with Gasteiger partial charge >= 0.3 is 0 Å². The Hall–Kier alpha value is -1.42. The van der Waals surface area contributed by atoms with Crippen LogP contribution in [0.1, 0.15) is 21.8 Å². The first-order valence-electron chi connectivity index (χ1n) is 4.44. The molecule has 0 bridgehead atoms. The van der Waals surface area contributed by atoms with Gasteiger partial charge < -0.3 is 4.52 Å². The molecule has 0 spiro atoms. The normalized spacial score (nSPS) is 10.2. The number of rotatable bonds is 3. The zero-order chi connectivity index (χ0) is 10.7. The van der Waals surface area contributed by atoms with Gasteiger partial charge in [-0.25, -0.2) is 0 Å². The molecule has 0 fully saturated rings. The second-order valence-corrected chi connectivity index (χ2v) is 3.96. The lowest BCUT2D eigenvalue weighted by Gasteiger charge is -1.99. The molecule has 3 nitrogen and oxygen atoms in total.